The second kappa shape index (κ2) is 9.46. The zero-order chi connectivity index (χ0) is 16.3. The zero-order valence-electron chi connectivity index (χ0n) is 13.9. The molecule has 5 heteroatoms. The van der Waals surface area contributed by atoms with E-state index in [4.69, 9.17) is 0 Å². The molecule has 5 nitrogen and oxygen atoms in total. The van der Waals surface area contributed by atoms with E-state index in [9.17, 15) is 0 Å². The Morgan fingerprint density at radius 2 is 2.00 bits per heavy atom. The van der Waals surface area contributed by atoms with Gasteiger partial charge in [0.05, 0.1) is 5.69 Å². The fourth-order valence-electron chi connectivity index (χ4n) is 2.22. The molecule has 0 radical (unpaired) electrons. The Labute approximate surface area is 138 Å². The summed E-state index contributed by atoms with van der Waals surface area (Å²) in [5.74, 6) is 0.850. The Morgan fingerprint density at radius 1 is 1.22 bits per heavy atom. The van der Waals surface area contributed by atoms with Crippen LogP contribution in [-0.2, 0) is 6.42 Å². The third kappa shape index (κ3) is 5.62. The number of allylic oxidation sites excluding steroid dienone is 1. The lowest BCUT2D eigenvalue weighted by Gasteiger charge is -2.11. The molecule has 2 aromatic rings. The molecule has 0 amide bonds. The normalized spacial score (nSPS) is 11.8. The Morgan fingerprint density at radius 3 is 2.65 bits per heavy atom. The van der Waals surface area contributed by atoms with E-state index in [0.29, 0.717) is 0 Å². The molecule has 2 rings (SSSR count). The Balaban J connectivity index is 1.75. The molecule has 0 unspecified atom stereocenters. The minimum atomic E-state index is 0.850. The second-order valence-electron chi connectivity index (χ2n) is 5.15. The standard InChI is InChI=1S/C18H25N5/c1-3-4-5-12-20-18(19-2)21-14-11-16-7-9-17(10-8-16)23-15-6-13-22-23/h3-4,6-10,13,15H,5,11-12,14H2,1-2H3,(H2,19,20,21). The first-order valence-corrected chi connectivity index (χ1v) is 7.98. The minimum Gasteiger partial charge on any atom is -0.356 e. The summed E-state index contributed by atoms with van der Waals surface area (Å²) in [5, 5.41) is 10.9. The Kier molecular flexibility index (Phi) is 6.91. The van der Waals surface area contributed by atoms with Crippen LogP contribution >= 0.6 is 0 Å². The lowest BCUT2D eigenvalue weighted by atomic mass is 10.1. The third-order valence-corrected chi connectivity index (χ3v) is 3.47. The fourth-order valence-corrected chi connectivity index (χ4v) is 2.22. The molecule has 0 saturated heterocycles. The van der Waals surface area contributed by atoms with Crippen molar-refractivity contribution in [3.8, 4) is 5.69 Å². The number of hydrogen-bond acceptors (Lipinski definition) is 2. The van der Waals surface area contributed by atoms with Crippen LogP contribution in [0.2, 0.25) is 0 Å². The van der Waals surface area contributed by atoms with E-state index < -0.39 is 0 Å². The van der Waals surface area contributed by atoms with Gasteiger partial charge in [-0.05, 0) is 43.5 Å². The van der Waals surface area contributed by atoms with Crippen molar-refractivity contribution in [2.24, 2.45) is 4.99 Å². The van der Waals surface area contributed by atoms with Crippen molar-refractivity contribution in [2.75, 3.05) is 20.1 Å². The first-order valence-electron chi connectivity index (χ1n) is 7.98. The van der Waals surface area contributed by atoms with Crippen LogP contribution in [0.1, 0.15) is 18.9 Å². The predicted octanol–water partition coefficient (Wildman–Crippen LogP) is 2.55. The van der Waals surface area contributed by atoms with Crippen LogP contribution in [0.5, 0.6) is 0 Å². The van der Waals surface area contributed by atoms with Crippen molar-refractivity contribution in [3.63, 3.8) is 0 Å². The minimum absolute atomic E-state index is 0.850. The Bertz CT molecular complexity index is 611. The number of aromatic nitrogens is 2. The largest absolute Gasteiger partial charge is 0.356 e. The molecular formula is C18H25N5. The van der Waals surface area contributed by atoms with Gasteiger partial charge in [-0.25, -0.2) is 4.68 Å². The average molecular weight is 311 g/mol. The molecule has 0 saturated carbocycles. The van der Waals surface area contributed by atoms with Crippen LogP contribution in [0.3, 0.4) is 0 Å². The summed E-state index contributed by atoms with van der Waals surface area (Å²) in [6.45, 7) is 3.78. The number of guanidine groups is 1. The molecule has 122 valence electrons. The van der Waals surface area contributed by atoms with Crippen LogP contribution in [0.25, 0.3) is 5.69 Å². The lowest BCUT2D eigenvalue weighted by molar-refractivity contribution is 0.790. The van der Waals surface area contributed by atoms with Gasteiger partial charge in [0.15, 0.2) is 5.96 Å². The number of benzene rings is 1. The number of aliphatic imine (C=N–C) groups is 1. The van der Waals surface area contributed by atoms with Gasteiger partial charge in [-0.1, -0.05) is 24.3 Å². The topological polar surface area (TPSA) is 54.2 Å². The zero-order valence-corrected chi connectivity index (χ0v) is 13.9. The van der Waals surface area contributed by atoms with Gasteiger partial charge < -0.3 is 10.6 Å². The summed E-state index contributed by atoms with van der Waals surface area (Å²) >= 11 is 0. The lowest BCUT2D eigenvalue weighted by Crippen LogP contribution is -2.38. The SMILES string of the molecule is CC=CCCNC(=NC)NCCc1ccc(-n2cccn2)cc1. The molecule has 0 fully saturated rings. The van der Waals surface area contributed by atoms with Crippen molar-refractivity contribution in [2.45, 2.75) is 19.8 Å². The number of hydrogen-bond donors (Lipinski definition) is 2. The molecule has 0 bridgehead atoms. The van der Waals surface area contributed by atoms with Gasteiger partial charge in [-0.3, -0.25) is 4.99 Å². The van der Waals surface area contributed by atoms with Crippen molar-refractivity contribution in [1.29, 1.82) is 0 Å². The number of rotatable bonds is 7. The monoisotopic (exact) mass is 311 g/mol. The summed E-state index contributed by atoms with van der Waals surface area (Å²) in [5.41, 5.74) is 2.37. The third-order valence-electron chi connectivity index (χ3n) is 3.47. The summed E-state index contributed by atoms with van der Waals surface area (Å²) in [4.78, 5) is 4.22. The maximum Gasteiger partial charge on any atom is 0.190 e. The van der Waals surface area contributed by atoms with Crippen molar-refractivity contribution >= 4 is 5.96 Å². The highest BCUT2D eigenvalue weighted by Crippen LogP contribution is 2.08. The summed E-state index contributed by atoms with van der Waals surface area (Å²) in [7, 11) is 1.80. The maximum absolute atomic E-state index is 4.23. The molecule has 0 aliphatic heterocycles. The van der Waals surface area contributed by atoms with Crippen molar-refractivity contribution < 1.29 is 0 Å². The molecule has 23 heavy (non-hydrogen) atoms. The molecule has 1 heterocycles. The van der Waals surface area contributed by atoms with Gasteiger partial charge in [-0.2, -0.15) is 5.10 Å². The second-order valence-corrected chi connectivity index (χ2v) is 5.15. The molecule has 0 aliphatic carbocycles. The van der Waals surface area contributed by atoms with Crippen LogP contribution in [0.15, 0.2) is 59.9 Å². The van der Waals surface area contributed by atoms with Gasteiger partial charge in [0.25, 0.3) is 0 Å². The van der Waals surface area contributed by atoms with E-state index >= 15 is 0 Å². The highest BCUT2D eigenvalue weighted by molar-refractivity contribution is 5.79. The van der Waals surface area contributed by atoms with E-state index in [0.717, 1.165) is 37.6 Å². The molecule has 0 spiro atoms. The molecule has 0 aliphatic rings. The summed E-state index contributed by atoms with van der Waals surface area (Å²) in [6, 6.07) is 10.4. The molecule has 1 aromatic carbocycles. The van der Waals surface area contributed by atoms with Crippen molar-refractivity contribution in [3.05, 3.63) is 60.4 Å². The van der Waals surface area contributed by atoms with Gasteiger partial charge in [0.2, 0.25) is 0 Å². The summed E-state index contributed by atoms with van der Waals surface area (Å²) in [6.07, 6.45) is 9.89. The van der Waals surface area contributed by atoms with Crippen LogP contribution in [0.4, 0.5) is 0 Å². The first-order chi connectivity index (χ1) is 11.3. The maximum atomic E-state index is 4.23. The van der Waals surface area contributed by atoms with Crippen molar-refractivity contribution in [1.82, 2.24) is 20.4 Å². The Hall–Kier alpha value is -2.56. The first kappa shape index (κ1) is 16.8. The van der Waals surface area contributed by atoms with Crippen LogP contribution < -0.4 is 10.6 Å². The smallest absolute Gasteiger partial charge is 0.190 e. The quantitative estimate of drug-likeness (QED) is 0.358. The fraction of sp³-hybridized carbons (Fsp3) is 0.333. The molecule has 0 atom stereocenters. The van der Waals surface area contributed by atoms with E-state index in [1.807, 2.05) is 23.9 Å². The van der Waals surface area contributed by atoms with Gasteiger partial charge in [0, 0.05) is 32.5 Å². The van der Waals surface area contributed by atoms with E-state index in [1.165, 1.54) is 5.56 Å². The molecule has 1 aromatic heterocycles. The van der Waals surface area contributed by atoms with E-state index in [1.54, 1.807) is 13.2 Å². The summed E-state index contributed by atoms with van der Waals surface area (Å²) < 4.78 is 1.86. The van der Waals surface area contributed by atoms with Gasteiger partial charge in [-0.15, -0.1) is 0 Å². The van der Waals surface area contributed by atoms with E-state index in [2.05, 4.69) is 57.1 Å². The predicted molar refractivity (Wildman–Crippen MR) is 96.1 cm³/mol. The van der Waals surface area contributed by atoms with Gasteiger partial charge in [0.1, 0.15) is 0 Å². The van der Waals surface area contributed by atoms with Gasteiger partial charge >= 0.3 is 0 Å². The molecular weight excluding hydrogens is 286 g/mol. The average Bonchev–Trinajstić information content (AvgIpc) is 3.12. The number of nitrogens with one attached hydrogen (secondary N) is 2. The highest BCUT2D eigenvalue weighted by atomic mass is 15.3. The number of nitrogens with zero attached hydrogens (tertiary/aromatic N) is 3. The molecule has 2 N–H and O–H groups in total. The van der Waals surface area contributed by atoms with Crippen LogP contribution in [-0.4, -0.2) is 35.9 Å². The van der Waals surface area contributed by atoms with Crippen LogP contribution in [0, 0.1) is 0 Å². The van der Waals surface area contributed by atoms with E-state index in [-0.39, 0.29) is 0 Å². The highest BCUT2D eigenvalue weighted by Gasteiger charge is 1.99.